The first-order valence-electron chi connectivity index (χ1n) is 8.81. The van der Waals surface area contributed by atoms with Gasteiger partial charge in [-0.2, -0.15) is 0 Å². The summed E-state index contributed by atoms with van der Waals surface area (Å²) in [7, 11) is 1.68. The molecule has 1 amide bonds. The molecule has 1 spiro atoms. The number of rotatable bonds is 6. The molecule has 1 aromatic rings. The van der Waals surface area contributed by atoms with E-state index in [0.29, 0.717) is 25.3 Å². The first-order chi connectivity index (χ1) is 12.0. The molecule has 0 radical (unpaired) electrons. The third-order valence-corrected chi connectivity index (χ3v) is 5.31. The molecule has 25 heavy (non-hydrogen) atoms. The number of piperidine rings is 1. The van der Waals surface area contributed by atoms with Crippen molar-refractivity contribution >= 4 is 5.91 Å². The lowest BCUT2D eigenvalue weighted by Crippen LogP contribution is -2.41. The summed E-state index contributed by atoms with van der Waals surface area (Å²) in [5, 5.41) is 0. The minimum Gasteiger partial charge on any atom is -0.385 e. The van der Waals surface area contributed by atoms with E-state index in [1.54, 1.807) is 7.11 Å². The zero-order valence-corrected chi connectivity index (χ0v) is 14.7. The second kappa shape index (κ2) is 7.53. The highest BCUT2D eigenvalue weighted by Crippen LogP contribution is 2.41. The molecule has 2 N–H and O–H groups in total. The van der Waals surface area contributed by atoms with E-state index in [1.807, 2.05) is 4.90 Å². The van der Waals surface area contributed by atoms with Gasteiger partial charge in [-0.15, -0.1) is 0 Å². The summed E-state index contributed by atoms with van der Waals surface area (Å²) in [6.45, 7) is 4.58. The maximum absolute atomic E-state index is 12.3. The molecule has 3 heterocycles. The van der Waals surface area contributed by atoms with E-state index in [0.717, 1.165) is 45.4 Å². The first kappa shape index (κ1) is 17.9. The van der Waals surface area contributed by atoms with Crippen molar-refractivity contribution in [2.75, 3.05) is 39.9 Å². The van der Waals surface area contributed by atoms with Crippen molar-refractivity contribution in [3.05, 3.63) is 32.6 Å². The van der Waals surface area contributed by atoms with Crippen LogP contribution >= 0.6 is 0 Å². The summed E-state index contributed by atoms with van der Waals surface area (Å²) in [6, 6.07) is 1.43. The van der Waals surface area contributed by atoms with Crippen LogP contribution in [0.2, 0.25) is 0 Å². The Hall–Kier alpha value is -1.93. The van der Waals surface area contributed by atoms with Gasteiger partial charge in [-0.25, -0.2) is 4.79 Å². The van der Waals surface area contributed by atoms with Crippen LogP contribution in [0.25, 0.3) is 0 Å². The number of methoxy groups -OCH3 is 1. The number of hydrogen-bond acceptors (Lipinski definition) is 5. The average Bonchev–Trinajstić information content (AvgIpc) is 2.85. The van der Waals surface area contributed by atoms with Crippen molar-refractivity contribution in [2.45, 2.75) is 32.2 Å². The van der Waals surface area contributed by atoms with Crippen LogP contribution in [0.1, 0.15) is 31.4 Å². The van der Waals surface area contributed by atoms with Gasteiger partial charge in [-0.05, 0) is 37.8 Å². The molecule has 0 atom stereocenters. The molecule has 0 aliphatic carbocycles. The lowest BCUT2D eigenvalue weighted by molar-refractivity contribution is -0.128. The minimum atomic E-state index is -0.468. The number of aromatic nitrogens is 2. The second-order valence-electron chi connectivity index (χ2n) is 7.23. The fraction of sp³-hybridized carbons (Fsp3) is 0.706. The van der Waals surface area contributed by atoms with Crippen LogP contribution in [-0.4, -0.2) is 65.6 Å². The van der Waals surface area contributed by atoms with Crippen molar-refractivity contribution in [1.82, 2.24) is 19.8 Å². The van der Waals surface area contributed by atoms with E-state index in [2.05, 4.69) is 14.9 Å². The third-order valence-electron chi connectivity index (χ3n) is 5.31. The van der Waals surface area contributed by atoms with Crippen molar-refractivity contribution < 1.29 is 9.53 Å². The van der Waals surface area contributed by atoms with Gasteiger partial charge in [-0.3, -0.25) is 19.5 Å². The van der Waals surface area contributed by atoms with Gasteiger partial charge < -0.3 is 14.6 Å². The van der Waals surface area contributed by atoms with Crippen LogP contribution in [0.5, 0.6) is 0 Å². The van der Waals surface area contributed by atoms with Crippen LogP contribution in [0, 0.1) is 5.41 Å². The maximum Gasteiger partial charge on any atom is 0.325 e. The quantitative estimate of drug-likeness (QED) is 0.699. The Kier molecular flexibility index (Phi) is 5.39. The highest BCUT2D eigenvalue weighted by molar-refractivity contribution is 5.79. The molecule has 2 aliphatic heterocycles. The summed E-state index contributed by atoms with van der Waals surface area (Å²) in [5.74, 6) is 0.253. The number of ether oxygens (including phenoxy) is 1. The second-order valence-corrected chi connectivity index (χ2v) is 7.23. The van der Waals surface area contributed by atoms with Crippen molar-refractivity contribution in [1.29, 1.82) is 0 Å². The monoisotopic (exact) mass is 350 g/mol. The van der Waals surface area contributed by atoms with Gasteiger partial charge in [0.25, 0.3) is 5.56 Å². The molecule has 2 fully saturated rings. The first-order valence-corrected chi connectivity index (χ1v) is 8.81. The van der Waals surface area contributed by atoms with Gasteiger partial charge in [0.1, 0.15) is 0 Å². The minimum absolute atomic E-state index is 0.0855. The molecule has 0 aromatic carbocycles. The summed E-state index contributed by atoms with van der Waals surface area (Å²) < 4.78 is 5.07. The molecule has 0 unspecified atom stereocenters. The molecule has 1 aromatic heterocycles. The van der Waals surface area contributed by atoms with E-state index < -0.39 is 5.69 Å². The van der Waals surface area contributed by atoms with Gasteiger partial charge in [0.15, 0.2) is 0 Å². The van der Waals surface area contributed by atoms with E-state index in [-0.39, 0.29) is 16.9 Å². The molecule has 0 bridgehead atoms. The standard InChI is InChI=1S/C17H26N4O4/c1-25-8-2-5-21-12-17(10-15(21)23)3-6-20(7-4-17)11-13-9-14(22)19-16(24)18-13/h9H,2-8,10-12H2,1H3,(H2,18,19,22,24). The summed E-state index contributed by atoms with van der Waals surface area (Å²) in [6.07, 6.45) is 3.44. The molecule has 138 valence electrons. The van der Waals surface area contributed by atoms with Crippen LogP contribution in [0.15, 0.2) is 15.7 Å². The van der Waals surface area contributed by atoms with E-state index >= 15 is 0 Å². The number of carbonyl (C=O) groups excluding carboxylic acids is 1. The number of carbonyl (C=O) groups is 1. The Labute approximate surface area is 146 Å². The Bertz CT molecular complexity index is 690. The molecule has 2 saturated heterocycles. The van der Waals surface area contributed by atoms with Gasteiger partial charge >= 0.3 is 5.69 Å². The van der Waals surface area contributed by atoms with Crippen LogP contribution < -0.4 is 11.2 Å². The van der Waals surface area contributed by atoms with E-state index in [1.165, 1.54) is 6.07 Å². The third kappa shape index (κ3) is 4.38. The Morgan fingerprint density at radius 3 is 2.64 bits per heavy atom. The largest absolute Gasteiger partial charge is 0.385 e. The number of nitrogens with zero attached hydrogens (tertiary/aromatic N) is 2. The fourth-order valence-electron chi connectivity index (χ4n) is 3.95. The SMILES string of the molecule is COCCCN1CC2(CCN(Cc3cc(=O)[nH]c(=O)[nH]3)CC2)CC1=O. The number of nitrogens with one attached hydrogen (secondary N) is 2. The number of hydrogen-bond donors (Lipinski definition) is 2. The highest BCUT2D eigenvalue weighted by atomic mass is 16.5. The molecule has 8 heteroatoms. The normalized spacial score (nSPS) is 20.5. The molecule has 8 nitrogen and oxygen atoms in total. The number of likely N-dealkylation sites (tertiary alicyclic amines) is 2. The topological polar surface area (TPSA) is 98.5 Å². The average molecular weight is 350 g/mol. The Morgan fingerprint density at radius 1 is 1.20 bits per heavy atom. The Morgan fingerprint density at radius 2 is 1.96 bits per heavy atom. The van der Waals surface area contributed by atoms with Gasteiger partial charge in [0.05, 0.1) is 0 Å². The van der Waals surface area contributed by atoms with Crippen LogP contribution in [0.3, 0.4) is 0 Å². The summed E-state index contributed by atoms with van der Waals surface area (Å²) in [5.41, 5.74) is -0.125. The predicted molar refractivity (Wildman–Crippen MR) is 92.3 cm³/mol. The Balaban J connectivity index is 1.54. The van der Waals surface area contributed by atoms with Crippen LogP contribution in [-0.2, 0) is 16.1 Å². The summed E-state index contributed by atoms with van der Waals surface area (Å²) >= 11 is 0. The van der Waals surface area contributed by atoms with E-state index in [4.69, 9.17) is 4.74 Å². The maximum atomic E-state index is 12.3. The van der Waals surface area contributed by atoms with Gasteiger partial charge in [0, 0.05) is 51.5 Å². The molecule has 0 saturated carbocycles. The predicted octanol–water partition coefficient (Wildman–Crippen LogP) is -0.0858. The number of aromatic amines is 2. The molecule has 2 aliphatic rings. The van der Waals surface area contributed by atoms with Crippen molar-refractivity contribution in [3.63, 3.8) is 0 Å². The lowest BCUT2D eigenvalue weighted by Gasteiger charge is -2.38. The molecular weight excluding hydrogens is 324 g/mol. The highest BCUT2D eigenvalue weighted by Gasteiger charge is 2.44. The zero-order valence-electron chi connectivity index (χ0n) is 14.7. The van der Waals surface area contributed by atoms with Gasteiger partial charge in [0.2, 0.25) is 5.91 Å². The van der Waals surface area contributed by atoms with E-state index in [9.17, 15) is 14.4 Å². The van der Waals surface area contributed by atoms with Crippen molar-refractivity contribution in [2.24, 2.45) is 5.41 Å². The van der Waals surface area contributed by atoms with Gasteiger partial charge in [-0.1, -0.05) is 0 Å². The number of H-pyrrole nitrogens is 2. The summed E-state index contributed by atoms with van der Waals surface area (Å²) in [4.78, 5) is 44.1. The molecular formula is C17H26N4O4. The fourth-order valence-corrected chi connectivity index (χ4v) is 3.95. The van der Waals surface area contributed by atoms with Crippen molar-refractivity contribution in [3.8, 4) is 0 Å². The molecule has 3 rings (SSSR count). The number of amides is 1. The zero-order chi connectivity index (χ0) is 17.9. The van der Waals surface area contributed by atoms with Crippen LogP contribution in [0.4, 0.5) is 0 Å². The smallest absolute Gasteiger partial charge is 0.325 e. The lowest BCUT2D eigenvalue weighted by atomic mass is 9.77.